The van der Waals surface area contributed by atoms with Gasteiger partial charge in [-0.05, 0) is 11.6 Å². The minimum atomic E-state index is -0.768. The first kappa shape index (κ1) is 17.1. The first-order valence-electron chi connectivity index (χ1n) is 7.42. The van der Waals surface area contributed by atoms with Gasteiger partial charge in [-0.25, -0.2) is 4.39 Å². The molecule has 5 heteroatoms. The Morgan fingerprint density at radius 1 is 1.13 bits per heavy atom. The van der Waals surface area contributed by atoms with Gasteiger partial charge in [0, 0.05) is 25.8 Å². The number of halogens is 1. The van der Waals surface area contributed by atoms with Gasteiger partial charge in [0.2, 0.25) is 5.91 Å². The highest BCUT2D eigenvalue weighted by Gasteiger charge is 2.22. The van der Waals surface area contributed by atoms with Crippen LogP contribution in [0.25, 0.3) is 0 Å². The number of amides is 1. The third-order valence-electron chi connectivity index (χ3n) is 3.51. The van der Waals surface area contributed by atoms with Crippen LogP contribution in [0.2, 0.25) is 0 Å². The minimum absolute atomic E-state index is 0.126. The Labute approximate surface area is 135 Å². The maximum absolute atomic E-state index is 13.9. The summed E-state index contributed by atoms with van der Waals surface area (Å²) in [5, 5.41) is 0. The van der Waals surface area contributed by atoms with Crippen LogP contribution in [0.5, 0.6) is 0 Å². The molecule has 0 aliphatic heterocycles. The number of hydrogen-bond donors (Lipinski definition) is 1. The number of methoxy groups -OCH3 is 1. The fourth-order valence-corrected chi connectivity index (χ4v) is 2.33. The maximum atomic E-state index is 13.9. The summed E-state index contributed by atoms with van der Waals surface area (Å²) in [6.07, 6.45) is 0. The van der Waals surface area contributed by atoms with Gasteiger partial charge in [0.1, 0.15) is 11.9 Å². The van der Waals surface area contributed by atoms with Crippen LogP contribution in [-0.2, 0) is 22.6 Å². The molecule has 2 N–H and O–H groups in total. The molecule has 0 aliphatic carbocycles. The predicted octanol–water partition coefficient (Wildman–Crippen LogP) is 2.33. The Bertz CT molecular complexity index is 634. The predicted molar refractivity (Wildman–Crippen MR) is 86.9 cm³/mol. The van der Waals surface area contributed by atoms with Crippen LogP contribution in [0.1, 0.15) is 11.1 Å². The Morgan fingerprint density at radius 3 is 2.43 bits per heavy atom. The third kappa shape index (κ3) is 4.87. The van der Waals surface area contributed by atoms with Crippen molar-refractivity contribution in [1.82, 2.24) is 4.90 Å². The fourth-order valence-electron chi connectivity index (χ4n) is 2.33. The molecule has 122 valence electrons. The second-order valence-electron chi connectivity index (χ2n) is 5.33. The minimum Gasteiger partial charge on any atom is -0.383 e. The lowest BCUT2D eigenvalue weighted by molar-refractivity contribution is -0.135. The van der Waals surface area contributed by atoms with Crippen molar-refractivity contribution in [2.75, 3.05) is 13.7 Å². The number of rotatable bonds is 7. The molecule has 0 spiro atoms. The van der Waals surface area contributed by atoms with E-state index in [-0.39, 0.29) is 24.9 Å². The number of carbonyl (C=O) groups is 1. The molecule has 4 nitrogen and oxygen atoms in total. The molecule has 1 unspecified atom stereocenters. The van der Waals surface area contributed by atoms with Crippen molar-refractivity contribution in [1.29, 1.82) is 0 Å². The number of carbonyl (C=O) groups excluding carboxylic acids is 1. The van der Waals surface area contributed by atoms with E-state index >= 15 is 0 Å². The molecule has 23 heavy (non-hydrogen) atoms. The molecule has 0 saturated heterocycles. The Kier molecular flexibility index (Phi) is 6.26. The van der Waals surface area contributed by atoms with Gasteiger partial charge in [-0.2, -0.15) is 0 Å². The van der Waals surface area contributed by atoms with Crippen LogP contribution in [0.3, 0.4) is 0 Å². The van der Waals surface area contributed by atoms with Crippen molar-refractivity contribution in [2.45, 2.75) is 19.1 Å². The average molecular weight is 316 g/mol. The van der Waals surface area contributed by atoms with E-state index in [1.165, 1.54) is 13.2 Å². The first-order valence-corrected chi connectivity index (χ1v) is 7.42. The summed E-state index contributed by atoms with van der Waals surface area (Å²) in [5.74, 6) is -0.599. The van der Waals surface area contributed by atoms with Gasteiger partial charge < -0.3 is 15.4 Å². The fraction of sp³-hybridized carbons (Fsp3) is 0.278. The third-order valence-corrected chi connectivity index (χ3v) is 3.51. The Balaban J connectivity index is 2.20. The summed E-state index contributed by atoms with van der Waals surface area (Å²) in [6, 6.07) is 15.2. The van der Waals surface area contributed by atoms with E-state index < -0.39 is 6.04 Å². The molecule has 2 aromatic rings. The Morgan fingerprint density at radius 2 is 1.78 bits per heavy atom. The first-order chi connectivity index (χ1) is 11.1. The summed E-state index contributed by atoms with van der Waals surface area (Å²) in [4.78, 5) is 14.1. The van der Waals surface area contributed by atoms with Crippen molar-refractivity contribution in [3.63, 3.8) is 0 Å². The number of ether oxygens (including phenoxy) is 1. The van der Waals surface area contributed by atoms with Crippen molar-refractivity contribution in [3.05, 3.63) is 71.5 Å². The number of hydrogen-bond acceptors (Lipinski definition) is 3. The summed E-state index contributed by atoms with van der Waals surface area (Å²) in [7, 11) is 1.49. The molecule has 0 aliphatic rings. The highest BCUT2D eigenvalue weighted by Crippen LogP contribution is 2.14. The number of nitrogens with zero attached hydrogens (tertiary/aromatic N) is 1. The maximum Gasteiger partial charge on any atom is 0.242 e. The molecular formula is C18H21FN2O2. The van der Waals surface area contributed by atoms with Gasteiger partial charge in [0.05, 0.1) is 6.61 Å². The highest BCUT2D eigenvalue weighted by atomic mass is 19.1. The normalized spacial score (nSPS) is 12.0. The monoisotopic (exact) mass is 316 g/mol. The molecule has 2 aromatic carbocycles. The summed E-state index contributed by atoms with van der Waals surface area (Å²) in [6.45, 7) is 0.657. The van der Waals surface area contributed by atoms with Crippen molar-refractivity contribution in [2.24, 2.45) is 5.73 Å². The zero-order valence-electron chi connectivity index (χ0n) is 13.1. The van der Waals surface area contributed by atoms with E-state index in [2.05, 4.69) is 0 Å². The van der Waals surface area contributed by atoms with Gasteiger partial charge >= 0.3 is 0 Å². The van der Waals surface area contributed by atoms with E-state index in [9.17, 15) is 9.18 Å². The molecular weight excluding hydrogens is 295 g/mol. The van der Waals surface area contributed by atoms with Gasteiger partial charge in [0.15, 0.2) is 0 Å². The molecule has 0 radical (unpaired) electrons. The molecule has 1 atom stereocenters. The molecule has 1 amide bonds. The summed E-state index contributed by atoms with van der Waals surface area (Å²) < 4.78 is 18.9. The van der Waals surface area contributed by atoms with E-state index in [1.54, 1.807) is 23.1 Å². The van der Waals surface area contributed by atoms with Crippen LogP contribution >= 0.6 is 0 Å². The lowest BCUT2D eigenvalue weighted by Gasteiger charge is -2.26. The van der Waals surface area contributed by atoms with Crippen LogP contribution in [0.4, 0.5) is 4.39 Å². The standard InChI is InChI=1S/C18H21FN2O2/c1-23-13-17(20)18(22)21(11-14-7-3-2-4-8-14)12-15-9-5-6-10-16(15)19/h2-10,17H,11-13,20H2,1H3. The van der Waals surface area contributed by atoms with Gasteiger partial charge in [-0.3, -0.25) is 4.79 Å². The Hall–Kier alpha value is -2.24. The van der Waals surface area contributed by atoms with E-state index in [1.807, 2.05) is 30.3 Å². The van der Waals surface area contributed by atoms with Crippen molar-refractivity contribution in [3.8, 4) is 0 Å². The van der Waals surface area contributed by atoms with Gasteiger partial charge in [0.25, 0.3) is 0 Å². The van der Waals surface area contributed by atoms with Crippen LogP contribution < -0.4 is 5.73 Å². The lowest BCUT2D eigenvalue weighted by atomic mass is 10.1. The molecule has 0 fully saturated rings. The van der Waals surface area contributed by atoms with Crippen molar-refractivity contribution < 1.29 is 13.9 Å². The largest absolute Gasteiger partial charge is 0.383 e. The zero-order valence-corrected chi connectivity index (χ0v) is 13.1. The summed E-state index contributed by atoms with van der Waals surface area (Å²) in [5.41, 5.74) is 7.28. The quantitative estimate of drug-likeness (QED) is 0.853. The SMILES string of the molecule is COCC(N)C(=O)N(Cc1ccccc1)Cc1ccccc1F. The molecule has 0 bridgehead atoms. The summed E-state index contributed by atoms with van der Waals surface area (Å²) >= 11 is 0. The van der Waals surface area contributed by atoms with Crippen molar-refractivity contribution >= 4 is 5.91 Å². The van der Waals surface area contributed by atoms with E-state index in [0.29, 0.717) is 12.1 Å². The van der Waals surface area contributed by atoms with Gasteiger partial charge in [-0.15, -0.1) is 0 Å². The van der Waals surface area contributed by atoms with Crippen LogP contribution in [-0.4, -0.2) is 30.6 Å². The van der Waals surface area contributed by atoms with E-state index in [0.717, 1.165) is 5.56 Å². The molecule has 2 rings (SSSR count). The lowest BCUT2D eigenvalue weighted by Crippen LogP contribution is -2.45. The second-order valence-corrected chi connectivity index (χ2v) is 5.33. The van der Waals surface area contributed by atoms with Crippen LogP contribution in [0, 0.1) is 5.82 Å². The number of nitrogens with two attached hydrogens (primary N) is 1. The topological polar surface area (TPSA) is 55.6 Å². The second kappa shape index (κ2) is 8.41. The van der Waals surface area contributed by atoms with E-state index in [4.69, 9.17) is 10.5 Å². The zero-order chi connectivity index (χ0) is 16.7. The van der Waals surface area contributed by atoms with Gasteiger partial charge in [-0.1, -0.05) is 48.5 Å². The number of benzene rings is 2. The average Bonchev–Trinajstić information content (AvgIpc) is 2.56. The highest BCUT2D eigenvalue weighted by molar-refractivity contribution is 5.81. The molecule has 0 saturated carbocycles. The van der Waals surface area contributed by atoms with Crippen LogP contribution in [0.15, 0.2) is 54.6 Å². The molecule has 0 aromatic heterocycles. The smallest absolute Gasteiger partial charge is 0.242 e. The molecule has 0 heterocycles.